The van der Waals surface area contributed by atoms with E-state index in [-0.39, 0.29) is 11.5 Å². The zero-order chi connectivity index (χ0) is 13.1. The van der Waals surface area contributed by atoms with Crippen molar-refractivity contribution in [3.8, 4) is 0 Å². The molecule has 0 aromatic heterocycles. The lowest BCUT2D eigenvalue weighted by molar-refractivity contribution is -0.139. The maximum absolute atomic E-state index is 11.1. The first-order valence-corrected chi connectivity index (χ1v) is 6.45. The normalized spacial score (nSPS) is 18.4. The third-order valence-corrected chi connectivity index (χ3v) is 2.86. The highest BCUT2D eigenvalue weighted by molar-refractivity contribution is 5.73. The fourth-order valence-electron chi connectivity index (χ4n) is 2.05. The van der Waals surface area contributed by atoms with E-state index in [2.05, 4.69) is 38.0 Å². The molecule has 0 radical (unpaired) electrons. The molecule has 0 amide bonds. The van der Waals surface area contributed by atoms with Gasteiger partial charge < -0.3 is 15.3 Å². The van der Waals surface area contributed by atoms with E-state index in [9.17, 15) is 4.79 Å². The number of aliphatic carboxylic acids is 1. The molecule has 2 N–H and O–H groups in total. The minimum atomic E-state index is -0.721. The minimum absolute atomic E-state index is 0.261. The molecule has 1 saturated carbocycles. The highest BCUT2D eigenvalue weighted by atomic mass is 16.4. The maximum atomic E-state index is 11.1. The minimum Gasteiger partial charge on any atom is -0.480 e. The van der Waals surface area contributed by atoms with Crippen molar-refractivity contribution in [2.75, 3.05) is 20.1 Å². The Morgan fingerprint density at radius 1 is 1.47 bits per heavy atom. The Hall–Kier alpha value is -0.610. The Labute approximate surface area is 104 Å². The van der Waals surface area contributed by atoms with Crippen molar-refractivity contribution in [2.24, 2.45) is 5.41 Å². The predicted octanol–water partition coefficient (Wildman–Crippen LogP) is 1.56. The molecule has 0 bridgehead atoms. The molecule has 1 aliphatic carbocycles. The van der Waals surface area contributed by atoms with Crippen molar-refractivity contribution in [2.45, 2.75) is 52.1 Å². The number of rotatable bonds is 7. The number of hydrogen-bond donors (Lipinski definition) is 2. The first-order chi connectivity index (χ1) is 7.78. The molecule has 0 heterocycles. The second-order valence-electron chi connectivity index (χ2n) is 6.42. The molecular formula is C13H26N2O2. The second-order valence-corrected chi connectivity index (χ2v) is 6.42. The molecular weight excluding hydrogens is 216 g/mol. The van der Waals surface area contributed by atoms with Crippen LogP contribution in [-0.4, -0.2) is 48.2 Å². The van der Waals surface area contributed by atoms with Gasteiger partial charge in [-0.1, -0.05) is 20.8 Å². The Morgan fingerprint density at radius 2 is 2.06 bits per heavy atom. The molecule has 1 rings (SSSR count). The second kappa shape index (κ2) is 5.83. The van der Waals surface area contributed by atoms with E-state index in [1.54, 1.807) is 0 Å². The van der Waals surface area contributed by atoms with Crippen molar-refractivity contribution in [1.82, 2.24) is 10.2 Å². The third-order valence-electron chi connectivity index (χ3n) is 2.86. The van der Waals surface area contributed by atoms with Gasteiger partial charge in [0.25, 0.3) is 0 Å². The molecule has 1 atom stereocenters. The summed E-state index contributed by atoms with van der Waals surface area (Å²) in [5.74, 6) is -0.721. The van der Waals surface area contributed by atoms with Crippen LogP contribution >= 0.6 is 0 Å². The van der Waals surface area contributed by atoms with Crippen LogP contribution in [0.25, 0.3) is 0 Å². The lowest BCUT2D eigenvalue weighted by Gasteiger charge is -2.27. The van der Waals surface area contributed by atoms with Gasteiger partial charge in [-0.25, -0.2) is 0 Å². The fraction of sp³-hybridized carbons (Fsp3) is 0.923. The number of carboxylic acid groups (broad SMARTS) is 1. The highest BCUT2D eigenvalue weighted by Gasteiger charge is 2.28. The van der Waals surface area contributed by atoms with E-state index in [0.29, 0.717) is 12.5 Å². The molecule has 100 valence electrons. The number of carbonyl (C=O) groups is 1. The fourth-order valence-corrected chi connectivity index (χ4v) is 2.05. The van der Waals surface area contributed by atoms with Crippen molar-refractivity contribution < 1.29 is 9.90 Å². The smallest absolute Gasteiger partial charge is 0.320 e. The number of hydrogen-bond acceptors (Lipinski definition) is 3. The summed E-state index contributed by atoms with van der Waals surface area (Å²) in [5.41, 5.74) is 0.261. The van der Waals surface area contributed by atoms with E-state index >= 15 is 0 Å². The van der Waals surface area contributed by atoms with E-state index in [1.807, 2.05) is 0 Å². The van der Waals surface area contributed by atoms with Gasteiger partial charge in [0.1, 0.15) is 6.04 Å². The van der Waals surface area contributed by atoms with Crippen LogP contribution in [-0.2, 0) is 4.79 Å². The zero-order valence-corrected chi connectivity index (χ0v) is 11.5. The molecule has 0 saturated heterocycles. The average molecular weight is 242 g/mol. The average Bonchev–Trinajstić information content (AvgIpc) is 2.92. The molecule has 17 heavy (non-hydrogen) atoms. The summed E-state index contributed by atoms with van der Waals surface area (Å²) >= 11 is 0. The summed E-state index contributed by atoms with van der Waals surface area (Å²) < 4.78 is 0. The van der Waals surface area contributed by atoms with Gasteiger partial charge in [0.2, 0.25) is 0 Å². The summed E-state index contributed by atoms with van der Waals surface area (Å²) in [6.45, 7) is 8.40. The van der Waals surface area contributed by atoms with Crippen LogP contribution in [0.1, 0.15) is 40.0 Å². The van der Waals surface area contributed by atoms with E-state index in [4.69, 9.17) is 5.11 Å². The molecule has 1 fully saturated rings. The van der Waals surface area contributed by atoms with Crippen molar-refractivity contribution in [3.63, 3.8) is 0 Å². The standard InChI is InChI=1S/C13H26N2O2/c1-13(2,3)9-15(4)8-7-11(12(16)17)14-10-5-6-10/h10-11,14H,5-9H2,1-4H3,(H,16,17). The third kappa shape index (κ3) is 6.64. The Kier molecular flexibility index (Phi) is 4.95. The Balaban J connectivity index is 2.27. The molecule has 1 aliphatic rings. The van der Waals surface area contributed by atoms with E-state index in [0.717, 1.165) is 25.9 Å². The van der Waals surface area contributed by atoms with Gasteiger partial charge in [0, 0.05) is 12.6 Å². The van der Waals surface area contributed by atoms with Gasteiger partial charge in [-0.15, -0.1) is 0 Å². The lowest BCUT2D eigenvalue weighted by atomic mass is 9.96. The van der Waals surface area contributed by atoms with Crippen LogP contribution in [0.3, 0.4) is 0 Å². The SMILES string of the molecule is CN(CCC(NC1CC1)C(=O)O)CC(C)(C)C. The molecule has 0 aromatic rings. The molecule has 0 spiro atoms. The largest absolute Gasteiger partial charge is 0.480 e. The summed E-state index contributed by atoms with van der Waals surface area (Å²) in [4.78, 5) is 13.3. The van der Waals surface area contributed by atoms with E-state index in [1.165, 1.54) is 0 Å². The van der Waals surface area contributed by atoms with Crippen LogP contribution in [0, 0.1) is 5.41 Å². The monoisotopic (exact) mass is 242 g/mol. The van der Waals surface area contributed by atoms with Crippen molar-refractivity contribution >= 4 is 5.97 Å². The zero-order valence-electron chi connectivity index (χ0n) is 11.5. The molecule has 4 heteroatoms. The molecule has 0 aromatic carbocycles. The predicted molar refractivity (Wildman–Crippen MR) is 69.2 cm³/mol. The maximum Gasteiger partial charge on any atom is 0.320 e. The Morgan fingerprint density at radius 3 is 2.47 bits per heavy atom. The highest BCUT2D eigenvalue weighted by Crippen LogP contribution is 2.20. The Bertz CT molecular complexity index is 257. The van der Waals surface area contributed by atoms with Crippen molar-refractivity contribution in [1.29, 1.82) is 0 Å². The van der Waals surface area contributed by atoms with Crippen LogP contribution < -0.4 is 5.32 Å². The topological polar surface area (TPSA) is 52.6 Å². The summed E-state index contributed by atoms with van der Waals surface area (Å²) in [6, 6.07) is 0.0638. The molecule has 4 nitrogen and oxygen atoms in total. The van der Waals surface area contributed by atoms with Crippen LogP contribution in [0.15, 0.2) is 0 Å². The molecule has 0 aliphatic heterocycles. The summed E-state index contributed by atoms with van der Waals surface area (Å²) in [7, 11) is 2.06. The summed E-state index contributed by atoms with van der Waals surface area (Å²) in [5, 5.41) is 12.3. The molecule has 1 unspecified atom stereocenters. The van der Waals surface area contributed by atoms with Gasteiger partial charge in [-0.3, -0.25) is 4.79 Å². The quantitative estimate of drug-likeness (QED) is 0.711. The van der Waals surface area contributed by atoms with Gasteiger partial charge in [0.05, 0.1) is 0 Å². The first kappa shape index (κ1) is 14.5. The lowest BCUT2D eigenvalue weighted by Crippen LogP contribution is -2.41. The van der Waals surface area contributed by atoms with Crippen LogP contribution in [0.4, 0.5) is 0 Å². The number of carboxylic acids is 1. The number of nitrogens with one attached hydrogen (secondary N) is 1. The van der Waals surface area contributed by atoms with Crippen LogP contribution in [0.5, 0.6) is 0 Å². The van der Waals surface area contributed by atoms with Gasteiger partial charge in [0.15, 0.2) is 0 Å². The number of nitrogens with zero attached hydrogens (tertiary/aromatic N) is 1. The van der Waals surface area contributed by atoms with Gasteiger partial charge in [-0.05, 0) is 38.3 Å². The van der Waals surface area contributed by atoms with Gasteiger partial charge in [-0.2, -0.15) is 0 Å². The van der Waals surface area contributed by atoms with Crippen LogP contribution in [0.2, 0.25) is 0 Å². The summed E-state index contributed by atoms with van der Waals surface area (Å²) in [6.07, 6.45) is 2.93. The van der Waals surface area contributed by atoms with E-state index < -0.39 is 5.97 Å². The van der Waals surface area contributed by atoms with Crippen molar-refractivity contribution in [3.05, 3.63) is 0 Å². The first-order valence-electron chi connectivity index (χ1n) is 6.45. The van der Waals surface area contributed by atoms with Gasteiger partial charge >= 0.3 is 5.97 Å².